The van der Waals surface area contributed by atoms with E-state index in [4.69, 9.17) is 14.2 Å². The van der Waals surface area contributed by atoms with Crippen molar-refractivity contribution >= 4 is 0 Å². The first kappa shape index (κ1) is 13.9. The van der Waals surface area contributed by atoms with Crippen LogP contribution >= 0.6 is 0 Å². The molecule has 2 N–H and O–H groups in total. The molecule has 16 heavy (non-hydrogen) atoms. The first-order valence-corrected chi connectivity index (χ1v) is 5.84. The highest BCUT2D eigenvalue weighted by Gasteiger charge is 2.28. The summed E-state index contributed by atoms with van der Waals surface area (Å²) in [6.07, 6.45) is 1.43. The monoisotopic (exact) mass is 233 g/mol. The molecule has 0 bridgehead atoms. The summed E-state index contributed by atoms with van der Waals surface area (Å²) in [5.41, 5.74) is -0.592. The Balaban J connectivity index is 1.93. The molecular weight excluding hydrogens is 210 g/mol. The zero-order chi connectivity index (χ0) is 11.7. The van der Waals surface area contributed by atoms with Gasteiger partial charge in [-0.25, -0.2) is 0 Å². The Bertz CT molecular complexity index is 171. The van der Waals surface area contributed by atoms with Crippen LogP contribution in [0, 0.1) is 0 Å². The molecule has 1 rings (SSSR count). The molecule has 1 saturated heterocycles. The summed E-state index contributed by atoms with van der Waals surface area (Å²) in [6.45, 7) is 4.58. The second-order valence-electron chi connectivity index (χ2n) is 4.12. The molecule has 1 heterocycles. The SMILES string of the molecule is COCCOCCNCC1(O)CCOCC1. The van der Waals surface area contributed by atoms with E-state index in [9.17, 15) is 5.11 Å². The summed E-state index contributed by atoms with van der Waals surface area (Å²) in [5, 5.41) is 13.3. The van der Waals surface area contributed by atoms with E-state index in [1.54, 1.807) is 7.11 Å². The lowest BCUT2D eigenvalue weighted by Crippen LogP contribution is -2.45. The summed E-state index contributed by atoms with van der Waals surface area (Å²) in [4.78, 5) is 0. The van der Waals surface area contributed by atoms with Crippen molar-refractivity contribution in [1.82, 2.24) is 5.32 Å². The molecule has 0 unspecified atom stereocenters. The summed E-state index contributed by atoms with van der Waals surface area (Å²) in [6, 6.07) is 0. The number of hydrogen-bond donors (Lipinski definition) is 2. The molecule has 0 aliphatic carbocycles. The van der Waals surface area contributed by atoms with Gasteiger partial charge in [0.15, 0.2) is 0 Å². The lowest BCUT2D eigenvalue weighted by molar-refractivity contribution is -0.0621. The number of aliphatic hydroxyl groups is 1. The quantitative estimate of drug-likeness (QED) is 0.568. The van der Waals surface area contributed by atoms with Crippen molar-refractivity contribution in [2.45, 2.75) is 18.4 Å². The molecule has 0 aromatic heterocycles. The molecule has 5 heteroatoms. The fraction of sp³-hybridized carbons (Fsp3) is 1.00. The summed E-state index contributed by atoms with van der Waals surface area (Å²) >= 11 is 0. The van der Waals surface area contributed by atoms with Crippen LogP contribution in [0.5, 0.6) is 0 Å². The second-order valence-corrected chi connectivity index (χ2v) is 4.12. The van der Waals surface area contributed by atoms with Crippen LogP contribution in [0.1, 0.15) is 12.8 Å². The van der Waals surface area contributed by atoms with Crippen LogP contribution in [0.3, 0.4) is 0 Å². The lowest BCUT2D eigenvalue weighted by Gasteiger charge is -2.32. The van der Waals surface area contributed by atoms with Crippen molar-refractivity contribution in [3.8, 4) is 0 Å². The van der Waals surface area contributed by atoms with Gasteiger partial charge in [-0.3, -0.25) is 0 Å². The average Bonchev–Trinajstić information content (AvgIpc) is 2.29. The van der Waals surface area contributed by atoms with Crippen molar-refractivity contribution in [2.24, 2.45) is 0 Å². The maximum absolute atomic E-state index is 10.1. The minimum absolute atomic E-state index is 0.592. The Morgan fingerprint density at radius 1 is 1.25 bits per heavy atom. The van der Waals surface area contributed by atoms with Crippen molar-refractivity contribution < 1.29 is 19.3 Å². The third-order valence-electron chi connectivity index (χ3n) is 2.73. The van der Waals surface area contributed by atoms with Crippen molar-refractivity contribution in [3.63, 3.8) is 0 Å². The largest absolute Gasteiger partial charge is 0.388 e. The molecule has 0 spiro atoms. The van der Waals surface area contributed by atoms with E-state index < -0.39 is 5.60 Å². The number of hydrogen-bond acceptors (Lipinski definition) is 5. The molecule has 0 amide bonds. The van der Waals surface area contributed by atoms with Crippen molar-refractivity contribution in [1.29, 1.82) is 0 Å². The molecule has 0 radical (unpaired) electrons. The molecule has 1 aliphatic rings. The Hall–Kier alpha value is -0.200. The van der Waals surface area contributed by atoms with E-state index in [1.165, 1.54) is 0 Å². The van der Waals surface area contributed by atoms with E-state index in [0.717, 1.165) is 6.54 Å². The maximum atomic E-state index is 10.1. The van der Waals surface area contributed by atoms with Crippen LogP contribution in [-0.4, -0.2) is 63.9 Å². The molecule has 0 atom stereocenters. The summed E-state index contributed by atoms with van der Waals surface area (Å²) in [7, 11) is 1.66. The van der Waals surface area contributed by atoms with Gasteiger partial charge in [0.1, 0.15) is 0 Å². The minimum atomic E-state index is -0.592. The van der Waals surface area contributed by atoms with Crippen LogP contribution < -0.4 is 5.32 Å². The van der Waals surface area contributed by atoms with Gasteiger partial charge in [-0.05, 0) is 0 Å². The Kier molecular flexibility index (Phi) is 6.91. The zero-order valence-corrected chi connectivity index (χ0v) is 10.0. The van der Waals surface area contributed by atoms with Crippen LogP contribution in [0.4, 0.5) is 0 Å². The summed E-state index contributed by atoms with van der Waals surface area (Å²) < 4.78 is 15.4. The van der Waals surface area contributed by atoms with Gasteiger partial charge in [0.25, 0.3) is 0 Å². The first-order valence-electron chi connectivity index (χ1n) is 5.84. The highest BCUT2D eigenvalue weighted by molar-refractivity contribution is 4.83. The van der Waals surface area contributed by atoms with Crippen LogP contribution in [0.2, 0.25) is 0 Å². The number of methoxy groups -OCH3 is 1. The zero-order valence-electron chi connectivity index (χ0n) is 10.0. The fourth-order valence-corrected chi connectivity index (χ4v) is 1.64. The predicted molar refractivity (Wildman–Crippen MR) is 60.6 cm³/mol. The molecule has 0 aromatic rings. The van der Waals surface area contributed by atoms with Gasteiger partial charge in [-0.15, -0.1) is 0 Å². The van der Waals surface area contributed by atoms with Crippen LogP contribution in [0.25, 0.3) is 0 Å². The predicted octanol–water partition coefficient (Wildman–Crippen LogP) is -0.219. The van der Waals surface area contributed by atoms with Gasteiger partial charge >= 0.3 is 0 Å². The van der Waals surface area contributed by atoms with Gasteiger partial charge in [0.05, 0.1) is 25.4 Å². The smallest absolute Gasteiger partial charge is 0.0815 e. The number of nitrogens with one attached hydrogen (secondary N) is 1. The van der Waals surface area contributed by atoms with Gasteiger partial charge in [-0.2, -0.15) is 0 Å². The number of ether oxygens (including phenoxy) is 3. The highest BCUT2D eigenvalue weighted by Crippen LogP contribution is 2.18. The van der Waals surface area contributed by atoms with Gasteiger partial charge in [0.2, 0.25) is 0 Å². The fourth-order valence-electron chi connectivity index (χ4n) is 1.64. The van der Waals surface area contributed by atoms with Crippen molar-refractivity contribution in [3.05, 3.63) is 0 Å². The number of rotatable bonds is 8. The molecule has 0 saturated carbocycles. The molecule has 96 valence electrons. The van der Waals surface area contributed by atoms with Gasteiger partial charge in [-0.1, -0.05) is 0 Å². The minimum Gasteiger partial charge on any atom is -0.388 e. The molecule has 1 fully saturated rings. The highest BCUT2D eigenvalue weighted by atomic mass is 16.5. The van der Waals surface area contributed by atoms with E-state index in [2.05, 4.69) is 5.32 Å². The van der Waals surface area contributed by atoms with E-state index in [0.29, 0.717) is 52.4 Å². The van der Waals surface area contributed by atoms with Crippen LogP contribution in [0.15, 0.2) is 0 Å². The van der Waals surface area contributed by atoms with Gasteiger partial charge < -0.3 is 24.6 Å². The second kappa shape index (κ2) is 7.97. The maximum Gasteiger partial charge on any atom is 0.0815 e. The Morgan fingerprint density at radius 2 is 2.00 bits per heavy atom. The third-order valence-corrected chi connectivity index (χ3v) is 2.73. The standard InChI is InChI=1S/C11H23NO4/c1-14-8-9-16-7-4-12-10-11(13)2-5-15-6-3-11/h12-13H,2-10H2,1H3. The molecule has 5 nitrogen and oxygen atoms in total. The summed E-state index contributed by atoms with van der Waals surface area (Å²) in [5.74, 6) is 0. The Labute approximate surface area is 97.1 Å². The average molecular weight is 233 g/mol. The van der Waals surface area contributed by atoms with Gasteiger partial charge in [0, 0.05) is 46.3 Å². The van der Waals surface area contributed by atoms with E-state index in [-0.39, 0.29) is 0 Å². The van der Waals surface area contributed by atoms with Crippen LogP contribution in [-0.2, 0) is 14.2 Å². The molecular formula is C11H23NO4. The van der Waals surface area contributed by atoms with E-state index >= 15 is 0 Å². The molecule has 1 aliphatic heterocycles. The lowest BCUT2D eigenvalue weighted by atomic mass is 9.94. The molecule has 0 aromatic carbocycles. The van der Waals surface area contributed by atoms with E-state index in [1.807, 2.05) is 0 Å². The normalized spacial score (nSPS) is 19.9. The van der Waals surface area contributed by atoms with Crippen molar-refractivity contribution in [2.75, 3.05) is 53.2 Å². The first-order chi connectivity index (χ1) is 7.77. The third kappa shape index (κ3) is 5.77. The Morgan fingerprint density at radius 3 is 2.69 bits per heavy atom. The topological polar surface area (TPSA) is 60.0 Å².